The summed E-state index contributed by atoms with van der Waals surface area (Å²) in [7, 11) is 1.26. The van der Waals surface area contributed by atoms with Gasteiger partial charge in [0.1, 0.15) is 11.3 Å². The van der Waals surface area contributed by atoms with Gasteiger partial charge in [-0.2, -0.15) is 0 Å². The molecular weight excluding hydrogens is 448 g/mol. The average molecular weight is 477 g/mol. The Morgan fingerprint density at radius 2 is 1.89 bits per heavy atom. The lowest BCUT2D eigenvalue weighted by Crippen LogP contribution is -2.35. The number of anilines is 1. The van der Waals surface area contributed by atoms with Gasteiger partial charge in [-0.25, -0.2) is 4.79 Å². The highest BCUT2D eigenvalue weighted by Crippen LogP contribution is 2.35. The van der Waals surface area contributed by atoms with Gasteiger partial charge in [-0.1, -0.05) is 30.3 Å². The predicted molar refractivity (Wildman–Crippen MR) is 131 cm³/mol. The van der Waals surface area contributed by atoms with Gasteiger partial charge >= 0.3 is 5.97 Å². The zero-order chi connectivity index (χ0) is 24.8. The minimum atomic E-state index is -0.668. The van der Waals surface area contributed by atoms with Crippen LogP contribution in [-0.4, -0.2) is 50.6 Å². The van der Waals surface area contributed by atoms with Crippen LogP contribution in [0.2, 0.25) is 0 Å². The van der Waals surface area contributed by atoms with E-state index in [2.05, 4.69) is 5.32 Å². The summed E-state index contributed by atoms with van der Waals surface area (Å²) >= 11 is 0. The van der Waals surface area contributed by atoms with Crippen molar-refractivity contribution in [2.24, 2.45) is 0 Å². The molecule has 1 fully saturated rings. The van der Waals surface area contributed by atoms with Crippen molar-refractivity contribution in [3.63, 3.8) is 0 Å². The Labute approximate surface area is 204 Å². The van der Waals surface area contributed by atoms with Gasteiger partial charge in [0.2, 0.25) is 5.78 Å². The second-order valence-corrected chi connectivity index (χ2v) is 8.28. The molecule has 0 saturated carbocycles. The summed E-state index contributed by atoms with van der Waals surface area (Å²) in [6.45, 7) is 2.85. The number of para-hydroxylation sites is 1. The van der Waals surface area contributed by atoms with E-state index in [0.717, 1.165) is 30.7 Å². The molecule has 35 heavy (non-hydrogen) atoms. The number of esters is 1. The smallest absolute Gasteiger partial charge is 0.343 e. The van der Waals surface area contributed by atoms with E-state index in [0.29, 0.717) is 23.7 Å². The molecule has 8 heteroatoms. The number of nitrogens with zero attached hydrogens (tertiary/aromatic N) is 1. The first kappa shape index (κ1) is 24.2. The van der Waals surface area contributed by atoms with Gasteiger partial charge in [0.15, 0.2) is 6.61 Å². The number of Topliss-reactive ketones (excluding diaryl/α,β-unsaturated/α-hetero) is 1. The molecule has 1 amide bonds. The quantitative estimate of drug-likeness (QED) is 0.355. The van der Waals surface area contributed by atoms with Crippen LogP contribution < -0.4 is 15.0 Å². The van der Waals surface area contributed by atoms with Crippen molar-refractivity contribution in [2.45, 2.75) is 25.9 Å². The number of rotatable bonds is 8. The lowest BCUT2D eigenvalue weighted by Gasteiger charge is -2.21. The van der Waals surface area contributed by atoms with Crippen molar-refractivity contribution in [1.82, 2.24) is 5.32 Å². The third-order valence-corrected chi connectivity index (χ3v) is 5.91. The normalized spacial score (nSPS) is 18.8. The van der Waals surface area contributed by atoms with E-state index >= 15 is 0 Å². The molecule has 1 saturated heterocycles. The molecular formula is C27H28N2O6. The third-order valence-electron chi connectivity index (χ3n) is 5.91. The Morgan fingerprint density at radius 1 is 1.14 bits per heavy atom. The highest BCUT2D eigenvalue weighted by atomic mass is 16.5. The molecule has 1 N–H and O–H groups in total. The second-order valence-electron chi connectivity index (χ2n) is 8.28. The fourth-order valence-corrected chi connectivity index (χ4v) is 4.12. The van der Waals surface area contributed by atoms with Crippen molar-refractivity contribution in [2.75, 3.05) is 31.8 Å². The first-order chi connectivity index (χ1) is 17.0. The maximum atomic E-state index is 13.2. The van der Waals surface area contributed by atoms with E-state index in [4.69, 9.17) is 14.2 Å². The Bertz CT molecular complexity index is 1150. The van der Waals surface area contributed by atoms with Gasteiger partial charge in [-0.05, 0) is 55.7 Å². The second kappa shape index (κ2) is 11.0. The molecule has 0 aromatic heterocycles. The fraction of sp³-hybridized carbons (Fsp3) is 0.296. The molecule has 2 heterocycles. The number of hydrogen-bond donors (Lipinski definition) is 1. The first-order valence-corrected chi connectivity index (χ1v) is 11.5. The number of ketones is 1. The monoisotopic (exact) mass is 476 g/mol. The molecule has 0 bridgehead atoms. The fourth-order valence-electron chi connectivity index (χ4n) is 4.12. The van der Waals surface area contributed by atoms with Crippen molar-refractivity contribution >= 4 is 29.4 Å². The largest absolute Gasteiger partial charge is 0.484 e. The number of amides is 1. The summed E-state index contributed by atoms with van der Waals surface area (Å²) in [6.07, 6.45) is 3.78. The van der Waals surface area contributed by atoms with Crippen LogP contribution in [0.25, 0.3) is 6.08 Å². The van der Waals surface area contributed by atoms with E-state index in [1.807, 2.05) is 30.3 Å². The summed E-state index contributed by atoms with van der Waals surface area (Å²) in [6, 6.07) is 16.4. The summed E-state index contributed by atoms with van der Waals surface area (Å²) in [5.74, 6) is -0.750. The van der Waals surface area contributed by atoms with Crippen LogP contribution in [0.15, 0.2) is 71.6 Å². The molecule has 182 valence electrons. The molecule has 0 unspecified atom stereocenters. The number of nitrogens with one attached hydrogen (secondary N) is 1. The van der Waals surface area contributed by atoms with Crippen molar-refractivity contribution in [3.05, 3.63) is 77.1 Å². The van der Waals surface area contributed by atoms with E-state index in [9.17, 15) is 14.4 Å². The van der Waals surface area contributed by atoms with Crippen LogP contribution in [-0.2, 0) is 23.9 Å². The number of benzene rings is 2. The molecule has 0 radical (unpaired) electrons. The van der Waals surface area contributed by atoms with Gasteiger partial charge < -0.3 is 24.4 Å². The lowest BCUT2D eigenvalue weighted by atomic mass is 10.1. The van der Waals surface area contributed by atoms with E-state index in [1.54, 1.807) is 42.2 Å². The maximum Gasteiger partial charge on any atom is 0.343 e. The van der Waals surface area contributed by atoms with Crippen LogP contribution in [0.4, 0.5) is 5.69 Å². The van der Waals surface area contributed by atoms with Crippen LogP contribution in [0.3, 0.4) is 0 Å². The van der Waals surface area contributed by atoms with Crippen LogP contribution >= 0.6 is 0 Å². The van der Waals surface area contributed by atoms with Crippen LogP contribution in [0.5, 0.6) is 5.75 Å². The minimum Gasteiger partial charge on any atom is -0.484 e. The molecule has 8 nitrogen and oxygen atoms in total. The molecule has 2 aliphatic rings. The van der Waals surface area contributed by atoms with E-state index in [-0.39, 0.29) is 24.2 Å². The number of ether oxygens (including phenoxy) is 3. The predicted octanol–water partition coefficient (Wildman–Crippen LogP) is 3.24. The number of hydrogen-bond acceptors (Lipinski definition) is 7. The zero-order valence-electron chi connectivity index (χ0n) is 19.8. The van der Waals surface area contributed by atoms with Gasteiger partial charge in [0.05, 0.1) is 18.9 Å². The summed E-state index contributed by atoms with van der Waals surface area (Å²) < 4.78 is 15.9. The zero-order valence-corrected chi connectivity index (χ0v) is 19.8. The molecule has 2 aromatic carbocycles. The van der Waals surface area contributed by atoms with Crippen LogP contribution in [0.1, 0.15) is 25.3 Å². The van der Waals surface area contributed by atoms with Gasteiger partial charge in [-0.15, -0.1) is 0 Å². The maximum absolute atomic E-state index is 13.2. The topological polar surface area (TPSA) is 94.2 Å². The molecule has 2 aliphatic heterocycles. The summed E-state index contributed by atoms with van der Waals surface area (Å²) in [5.41, 5.74) is 2.36. The molecule has 0 aliphatic carbocycles. The van der Waals surface area contributed by atoms with Crippen molar-refractivity contribution in [3.8, 4) is 5.75 Å². The summed E-state index contributed by atoms with van der Waals surface area (Å²) in [4.78, 5) is 39.2. The Balaban J connectivity index is 1.46. The Morgan fingerprint density at radius 3 is 2.54 bits per heavy atom. The highest BCUT2D eigenvalue weighted by Gasteiger charge is 2.38. The molecule has 0 spiro atoms. The highest BCUT2D eigenvalue weighted by molar-refractivity contribution is 6.30. The van der Waals surface area contributed by atoms with Gasteiger partial charge in [0, 0.05) is 24.5 Å². The standard InChI is InChI=1S/C27H28N2O6/c1-18-25(27(32)33-2)26(31)23(29(18)20-7-4-3-5-8-20)15-19-10-12-21(13-11-19)35-17-24(30)28-16-22-9-6-14-34-22/h3-5,7-8,10-13,15,22H,6,9,14,16-17H2,1-2H3,(H,28,30)/b23-15-/t22-/m0/s1. The van der Waals surface area contributed by atoms with Crippen molar-refractivity contribution < 1.29 is 28.6 Å². The van der Waals surface area contributed by atoms with E-state index in [1.165, 1.54) is 7.11 Å². The third kappa shape index (κ3) is 5.60. The molecule has 1 atom stereocenters. The van der Waals surface area contributed by atoms with Gasteiger partial charge in [0.25, 0.3) is 5.91 Å². The average Bonchev–Trinajstić information content (AvgIpc) is 3.48. The SMILES string of the molecule is COC(=O)C1=C(C)N(c2ccccc2)/C(=C\c2ccc(OCC(=O)NC[C@@H]3CCCO3)cc2)C1=O. The Hall–Kier alpha value is -3.91. The Kier molecular flexibility index (Phi) is 7.62. The summed E-state index contributed by atoms with van der Waals surface area (Å²) in [5, 5.41) is 2.82. The van der Waals surface area contributed by atoms with Crippen molar-refractivity contribution in [1.29, 1.82) is 0 Å². The minimum absolute atomic E-state index is 0.0107. The molecule has 4 rings (SSSR count). The van der Waals surface area contributed by atoms with Gasteiger partial charge in [-0.3, -0.25) is 9.59 Å². The number of carbonyl (C=O) groups is 3. The number of carbonyl (C=O) groups excluding carboxylic acids is 3. The molecule has 2 aromatic rings. The van der Waals surface area contributed by atoms with E-state index < -0.39 is 11.8 Å². The number of allylic oxidation sites excluding steroid dienone is 2. The first-order valence-electron chi connectivity index (χ1n) is 11.5. The number of methoxy groups -OCH3 is 1. The lowest BCUT2D eigenvalue weighted by molar-refractivity contribution is -0.137. The van der Waals surface area contributed by atoms with Crippen LogP contribution in [0, 0.1) is 0 Å².